The van der Waals surface area contributed by atoms with Crippen molar-refractivity contribution in [1.82, 2.24) is 20.2 Å². The highest BCUT2D eigenvalue weighted by atomic mass is 19.1. The minimum absolute atomic E-state index is 0.191. The normalized spacial score (nSPS) is 15.3. The highest BCUT2D eigenvalue weighted by Gasteiger charge is 2.20. The van der Waals surface area contributed by atoms with Crippen LogP contribution in [0.1, 0.15) is 35.7 Å². The van der Waals surface area contributed by atoms with Gasteiger partial charge in [0, 0.05) is 69.0 Å². The monoisotopic (exact) mass is 427 g/mol. The lowest BCUT2D eigenvalue weighted by atomic mass is 9.99. The molecule has 1 saturated heterocycles. The van der Waals surface area contributed by atoms with E-state index >= 15 is 0 Å². The van der Waals surface area contributed by atoms with Gasteiger partial charge in [-0.3, -0.25) is 4.79 Å². The zero-order valence-electron chi connectivity index (χ0n) is 17.8. The van der Waals surface area contributed by atoms with E-state index < -0.39 is 11.6 Å². The summed E-state index contributed by atoms with van der Waals surface area (Å²) in [5.74, 6) is -1.57. The zero-order valence-corrected chi connectivity index (χ0v) is 17.8. The number of pyridine rings is 1. The van der Waals surface area contributed by atoms with Gasteiger partial charge in [-0.25, -0.2) is 13.8 Å². The van der Waals surface area contributed by atoms with Crippen molar-refractivity contribution in [2.75, 3.05) is 37.6 Å². The number of halogens is 2. The molecule has 4 rings (SSSR count). The molecule has 0 bridgehead atoms. The van der Waals surface area contributed by atoms with E-state index in [9.17, 15) is 13.6 Å². The molecule has 1 fully saturated rings. The summed E-state index contributed by atoms with van der Waals surface area (Å²) in [7, 11) is 0. The highest BCUT2D eigenvalue weighted by molar-refractivity contribution is 5.97. The molecule has 3 heterocycles. The van der Waals surface area contributed by atoms with Gasteiger partial charge in [0.15, 0.2) is 0 Å². The Balaban J connectivity index is 1.43. The van der Waals surface area contributed by atoms with Gasteiger partial charge in [-0.1, -0.05) is 6.92 Å². The number of carbonyl (C=O) groups is 1. The molecule has 31 heavy (non-hydrogen) atoms. The first-order chi connectivity index (χ1) is 15.0. The van der Waals surface area contributed by atoms with Gasteiger partial charge >= 0.3 is 0 Å². The molecule has 164 valence electrons. The van der Waals surface area contributed by atoms with Crippen LogP contribution in [0.2, 0.25) is 0 Å². The number of amides is 1. The predicted molar refractivity (Wildman–Crippen MR) is 118 cm³/mol. The topological polar surface area (TPSA) is 62.2 Å². The number of hydrogen-bond acceptors (Lipinski definition) is 4. The van der Waals surface area contributed by atoms with Crippen LogP contribution in [0.25, 0.3) is 11.0 Å². The molecule has 1 aliphatic heterocycles. The standard InChI is InChI=1S/C23H27F2N5O/c1-3-29-7-4-16-10-17(14-27-22(16)29)23(31)28-13-15(2)18-11-20(25)21(12-19(18)24)30-8-5-26-6-9-30/h4,7,10-12,14-15,26H,3,5-6,8-9,13H2,1-2H3,(H,28,31)/t15-/m1/s1. The number of rotatable bonds is 6. The van der Waals surface area contributed by atoms with E-state index in [-0.39, 0.29) is 29.6 Å². The third-order valence-corrected chi connectivity index (χ3v) is 5.83. The highest BCUT2D eigenvalue weighted by Crippen LogP contribution is 2.28. The van der Waals surface area contributed by atoms with E-state index in [1.807, 2.05) is 28.7 Å². The number of hydrogen-bond donors (Lipinski definition) is 2. The fraction of sp³-hybridized carbons (Fsp3) is 0.391. The van der Waals surface area contributed by atoms with E-state index in [0.29, 0.717) is 18.7 Å². The number of nitrogens with zero attached hydrogens (tertiary/aromatic N) is 3. The van der Waals surface area contributed by atoms with Gasteiger partial charge in [0.25, 0.3) is 5.91 Å². The van der Waals surface area contributed by atoms with Gasteiger partial charge < -0.3 is 20.1 Å². The predicted octanol–water partition coefficient (Wildman–Crippen LogP) is 3.28. The Morgan fingerprint density at radius 2 is 2.00 bits per heavy atom. The van der Waals surface area contributed by atoms with Crippen molar-refractivity contribution in [3.63, 3.8) is 0 Å². The van der Waals surface area contributed by atoms with Crippen molar-refractivity contribution in [2.45, 2.75) is 26.3 Å². The van der Waals surface area contributed by atoms with E-state index in [4.69, 9.17) is 0 Å². The molecule has 3 aromatic rings. The van der Waals surface area contributed by atoms with Crippen LogP contribution in [0.3, 0.4) is 0 Å². The van der Waals surface area contributed by atoms with Crippen LogP contribution in [0.5, 0.6) is 0 Å². The summed E-state index contributed by atoms with van der Waals surface area (Å²) < 4.78 is 31.5. The molecule has 6 nitrogen and oxygen atoms in total. The Morgan fingerprint density at radius 3 is 2.74 bits per heavy atom. The first-order valence-electron chi connectivity index (χ1n) is 10.7. The smallest absolute Gasteiger partial charge is 0.252 e. The third kappa shape index (κ3) is 4.39. The lowest BCUT2D eigenvalue weighted by Crippen LogP contribution is -2.44. The van der Waals surface area contributed by atoms with Crippen molar-refractivity contribution in [3.05, 3.63) is 59.4 Å². The van der Waals surface area contributed by atoms with Crippen LogP contribution >= 0.6 is 0 Å². The molecule has 1 amide bonds. The number of aromatic nitrogens is 2. The van der Waals surface area contributed by atoms with Crippen molar-refractivity contribution in [1.29, 1.82) is 0 Å². The maximum absolute atomic E-state index is 14.8. The van der Waals surface area contributed by atoms with Gasteiger partial charge in [-0.05, 0) is 30.7 Å². The summed E-state index contributed by atoms with van der Waals surface area (Å²) in [6.07, 6.45) is 3.47. The Morgan fingerprint density at radius 1 is 1.23 bits per heavy atom. The van der Waals surface area contributed by atoms with Crippen LogP contribution in [0.4, 0.5) is 14.5 Å². The quantitative estimate of drug-likeness (QED) is 0.634. The summed E-state index contributed by atoms with van der Waals surface area (Å²) in [5, 5.41) is 6.90. The maximum Gasteiger partial charge on any atom is 0.252 e. The first kappa shape index (κ1) is 21.2. The second kappa shape index (κ2) is 9.01. The van der Waals surface area contributed by atoms with E-state index in [0.717, 1.165) is 30.7 Å². The Hall–Kier alpha value is -3.00. The molecule has 1 atom stereocenters. The number of aryl methyl sites for hydroxylation is 1. The third-order valence-electron chi connectivity index (χ3n) is 5.83. The molecular formula is C23H27F2N5O. The minimum Gasteiger partial charge on any atom is -0.367 e. The zero-order chi connectivity index (χ0) is 22.0. The van der Waals surface area contributed by atoms with Crippen LogP contribution < -0.4 is 15.5 Å². The second-order valence-electron chi connectivity index (χ2n) is 7.91. The van der Waals surface area contributed by atoms with Gasteiger partial charge in [0.05, 0.1) is 11.3 Å². The van der Waals surface area contributed by atoms with E-state index in [1.54, 1.807) is 13.0 Å². The number of piperazine rings is 1. The Kier molecular flexibility index (Phi) is 6.18. The van der Waals surface area contributed by atoms with Crippen LogP contribution in [-0.2, 0) is 6.54 Å². The number of anilines is 1. The summed E-state index contributed by atoms with van der Waals surface area (Å²) in [6, 6.07) is 6.23. The van der Waals surface area contributed by atoms with E-state index in [2.05, 4.69) is 15.6 Å². The average Bonchev–Trinajstić information content (AvgIpc) is 3.21. The van der Waals surface area contributed by atoms with Crippen molar-refractivity contribution in [3.8, 4) is 0 Å². The van der Waals surface area contributed by atoms with Gasteiger partial charge in [0.1, 0.15) is 17.3 Å². The molecule has 8 heteroatoms. The van der Waals surface area contributed by atoms with Gasteiger partial charge in [-0.2, -0.15) is 0 Å². The van der Waals surface area contributed by atoms with Crippen molar-refractivity contribution in [2.24, 2.45) is 0 Å². The van der Waals surface area contributed by atoms with Gasteiger partial charge in [0.2, 0.25) is 0 Å². The molecule has 0 unspecified atom stereocenters. The number of benzene rings is 1. The molecule has 0 spiro atoms. The summed E-state index contributed by atoms with van der Waals surface area (Å²) in [4.78, 5) is 18.8. The molecule has 2 N–H and O–H groups in total. The molecule has 0 radical (unpaired) electrons. The largest absolute Gasteiger partial charge is 0.367 e. The van der Waals surface area contributed by atoms with E-state index in [1.165, 1.54) is 18.3 Å². The molecule has 0 saturated carbocycles. The van der Waals surface area contributed by atoms with Crippen LogP contribution in [0.15, 0.2) is 36.7 Å². The fourth-order valence-electron chi connectivity index (χ4n) is 3.99. The average molecular weight is 427 g/mol. The van der Waals surface area contributed by atoms with Crippen LogP contribution in [0, 0.1) is 11.6 Å². The fourth-order valence-corrected chi connectivity index (χ4v) is 3.99. The molecular weight excluding hydrogens is 400 g/mol. The van der Waals surface area contributed by atoms with Gasteiger partial charge in [-0.15, -0.1) is 0 Å². The lowest BCUT2D eigenvalue weighted by molar-refractivity contribution is 0.0951. The summed E-state index contributed by atoms with van der Waals surface area (Å²) in [5.41, 5.74) is 1.81. The molecule has 1 aromatic carbocycles. The summed E-state index contributed by atoms with van der Waals surface area (Å²) in [6.45, 7) is 7.56. The second-order valence-corrected chi connectivity index (χ2v) is 7.91. The minimum atomic E-state index is -0.458. The molecule has 0 aliphatic carbocycles. The number of fused-ring (bicyclic) bond motifs is 1. The number of carbonyl (C=O) groups excluding carboxylic acids is 1. The maximum atomic E-state index is 14.8. The summed E-state index contributed by atoms with van der Waals surface area (Å²) >= 11 is 0. The SMILES string of the molecule is CCn1ccc2cc(C(=O)NC[C@@H](C)c3cc(F)c(N4CCNCC4)cc3F)cnc21. The molecule has 2 aromatic heterocycles. The van der Waals surface area contributed by atoms with Crippen LogP contribution in [-0.4, -0.2) is 48.2 Å². The molecule has 1 aliphatic rings. The number of nitrogens with one attached hydrogen (secondary N) is 2. The first-order valence-corrected chi connectivity index (χ1v) is 10.7. The lowest BCUT2D eigenvalue weighted by Gasteiger charge is -2.30. The van der Waals surface area contributed by atoms with Crippen molar-refractivity contribution >= 4 is 22.6 Å². The Bertz CT molecular complexity index is 1090. The van der Waals surface area contributed by atoms with Crippen molar-refractivity contribution < 1.29 is 13.6 Å². The Labute approximate surface area is 180 Å².